The summed E-state index contributed by atoms with van der Waals surface area (Å²) >= 11 is 9.26. The highest BCUT2D eigenvalue weighted by atomic mass is 79.9. The first kappa shape index (κ1) is 13.4. The third-order valence-electron chi connectivity index (χ3n) is 2.52. The summed E-state index contributed by atoms with van der Waals surface area (Å²) in [5.41, 5.74) is 0.821. The molecule has 1 aromatic carbocycles. The number of nitrogens with zero attached hydrogens (tertiary/aromatic N) is 1. The molecule has 2 rings (SSSR count). The van der Waals surface area contributed by atoms with Crippen LogP contribution in [0.5, 0.6) is 0 Å². The number of benzene rings is 1. The van der Waals surface area contributed by atoms with E-state index in [-0.39, 0.29) is 5.97 Å². The summed E-state index contributed by atoms with van der Waals surface area (Å²) in [4.78, 5) is 15.7. The molecule has 1 aliphatic rings. The molecular weight excluding hydrogens is 321 g/mol. The van der Waals surface area contributed by atoms with E-state index in [0.717, 1.165) is 10.0 Å². The molecule has 0 saturated heterocycles. The highest BCUT2D eigenvalue weighted by Crippen LogP contribution is 2.32. The van der Waals surface area contributed by atoms with Gasteiger partial charge in [0.25, 0.3) is 0 Å². The molecule has 0 amide bonds. The lowest BCUT2D eigenvalue weighted by molar-refractivity contribution is -0.146. The maximum Gasteiger partial charge on any atom is 0.335 e. The van der Waals surface area contributed by atoms with E-state index in [2.05, 4.69) is 20.9 Å². The molecule has 0 fully saturated rings. The topological polar surface area (TPSA) is 47.9 Å². The summed E-state index contributed by atoms with van der Waals surface area (Å²) in [6, 6.07) is 4.70. The number of hydrogen-bond acceptors (Lipinski definition) is 4. The third-order valence-corrected chi connectivity index (χ3v) is 3.73. The largest absolute Gasteiger partial charge is 0.473 e. The third kappa shape index (κ3) is 2.67. The molecule has 1 heterocycles. The van der Waals surface area contributed by atoms with Gasteiger partial charge < -0.3 is 9.47 Å². The van der Waals surface area contributed by atoms with E-state index in [9.17, 15) is 4.79 Å². The summed E-state index contributed by atoms with van der Waals surface area (Å²) in [7, 11) is 0. The lowest BCUT2D eigenvalue weighted by Gasteiger charge is -2.16. The molecule has 2 unspecified atom stereocenters. The summed E-state index contributed by atoms with van der Waals surface area (Å²) in [6.07, 6.45) is 0.826. The number of aliphatic imine (C=N–C) groups is 1. The zero-order chi connectivity index (χ0) is 13.1. The van der Waals surface area contributed by atoms with Crippen molar-refractivity contribution in [1.82, 2.24) is 0 Å². The van der Waals surface area contributed by atoms with Crippen LogP contribution in [0, 0.1) is 0 Å². The van der Waals surface area contributed by atoms with Crippen LogP contribution in [0.25, 0.3) is 0 Å². The van der Waals surface area contributed by atoms with E-state index >= 15 is 0 Å². The minimum absolute atomic E-state index is 0.321. The molecular formula is C12H11BrClNO3. The SMILES string of the molecule is CCOC(=O)C1N=COC1c1ccc(Cl)c(Br)c1. The number of halogens is 2. The first-order valence-corrected chi connectivity index (χ1v) is 6.59. The molecule has 0 aliphatic carbocycles. The second-order valence-electron chi connectivity index (χ2n) is 3.68. The second kappa shape index (κ2) is 5.71. The van der Waals surface area contributed by atoms with Crippen LogP contribution >= 0.6 is 27.5 Å². The molecule has 96 valence electrons. The second-order valence-corrected chi connectivity index (χ2v) is 4.94. The van der Waals surface area contributed by atoms with E-state index in [1.165, 1.54) is 6.40 Å². The van der Waals surface area contributed by atoms with E-state index in [1.54, 1.807) is 19.1 Å². The van der Waals surface area contributed by atoms with Crippen LogP contribution in [-0.2, 0) is 14.3 Å². The molecule has 6 heteroatoms. The smallest absolute Gasteiger partial charge is 0.335 e. The first-order chi connectivity index (χ1) is 8.63. The number of rotatable bonds is 3. The van der Waals surface area contributed by atoms with Gasteiger partial charge in [-0.25, -0.2) is 9.79 Å². The zero-order valence-electron chi connectivity index (χ0n) is 9.60. The van der Waals surface area contributed by atoms with Crippen LogP contribution in [0.4, 0.5) is 0 Å². The van der Waals surface area contributed by atoms with Gasteiger partial charge in [0.05, 0.1) is 11.6 Å². The summed E-state index contributed by atoms with van der Waals surface area (Å²) in [5, 5.41) is 0.602. The van der Waals surface area contributed by atoms with Crippen molar-refractivity contribution in [3.05, 3.63) is 33.3 Å². The highest BCUT2D eigenvalue weighted by molar-refractivity contribution is 9.10. The van der Waals surface area contributed by atoms with Gasteiger partial charge >= 0.3 is 5.97 Å². The minimum Gasteiger partial charge on any atom is -0.473 e. The maximum absolute atomic E-state index is 11.7. The summed E-state index contributed by atoms with van der Waals surface area (Å²) < 4.78 is 11.1. The molecule has 0 saturated carbocycles. The normalized spacial score (nSPS) is 21.7. The van der Waals surface area contributed by atoms with E-state index in [4.69, 9.17) is 21.1 Å². The lowest BCUT2D eigenvalue weighted by atomic mass is 10.0. The number of hydrogen-bond donors (Lipinski definition) is 0. The van der Waals surface area contributed by atoms with Gasteiger partial charge in [-0.15, -0.1) is 0 Å². The van der Waals surface area contributed by atoms with Gasteiger partial charge in [0.15, 0.2) is 18.5 Å². The Labute approximate surface area is 118 Å². The number of carbonyl (C=O) groups excluding carboxylic acids is 1. The van der Waals surface area contributed by atoms with Crippen molar-refractivity contribution in [2.24, 2.45) is 4.99 Å². The van der Waals surface area contributed by atoms with Crippen molar-refractivity contribution in [3.8, 4) is 0 Å². The van der Waals surface area contributed by atoms with Crippen molar-refractivity contribution in [2.75, 3.05) is 6.61 Å². The van der Waals surface area contributed by atoms with Gasteiger partial charge in [-0.3, -0.25) is 0 Å². The first-order valence-electron chi connectivity index (χ1n) is 5.42. The van der Waals surface area contributed by atoms with Gasteiger partial charge in [-0.2, -0.15) is 0 Å². The predicted molar refractivity (Wildman–Crippen MR) is 71.9 cm³/mol. The van der Waals surface area contributed by atoms with Gasteiger partial charge in [-0.1, -0.05) is 17.7 Å². The zero-order valence-corrected chi connectivity index (χ0v) is 11.9. The Morgan fingerprint density at radius 1 is 1.61 bits per heavy atom. The van der Waals surface area contributed by atoms with Crippen molar-refractivity contribution in [2.45, 2.75) is 19.1 Å². The summed E-state index contributed by atoms with van der Waals surface area (Å²) in [5.74, 6) is -0.387. The fraction of sp³-hybridized carbons (Fsp3) is 0.333. The predicted octanol–water partition coefficient (Wildman–Crippen LogP) is 3.13. The fourth-order valence-corrected chi connectivity index (χ4v) is 2.20. The van der Waals surface area contributed by atoms with Crippen LogP contribution in [0.1, 0.15) is 18.6 Å². The highest BCUT2D eigenvalue weighted by Gasteiger charge is 2.35. The minimum atomic E-state index is -0.655. The molecule has 4 nitrogen and oxygen atoms in total. The Hall–Kier alpha value is -1.07. The molecule has 0 aromatic heterocycles. The molecule has 0 N–H and O–H groups in total. The lowest BCUT2D eigenvalue weighted by Crippen LogP contribution is -2.26. The Kier molecular flexibility index (Phi) is 4.24. The van der Waals surface area contributed by atoms with E-state index < -0.39 is 12.1 Å². The van der Waals surface area contributed by atoms with Crippen LogP contribution < -0.4 is 0 Å². The monoisotopic (exact) mass is 331 g/mol. The van der Waals surface area contributed by atoms with Gasteiger partial charge in [-0.05, 0) is 40.5 Å². The van der Waals surface area contributed by atoms with Crippen molar-refractivity contribution in [1.29, 1.82) is 0 Å². The van der Waals surface area contributed by atoms with Crippen LogP contribution in [0.2, 0.25) is 5.02 Å². The number of ether oxygens (including phenoxy) is 2. The number of carbonyl (C=O) groups is 1. The standard InChI is InChI=1S/C12H11BrClNO3/c1-2-17-12(16)10-11(18-6-15-10)7-3-4-9(14)8(13)5-7/h3-6,10-11H,2H2,1H3. The molecule has 0 spiro atoms. The number of esters is 1. The molecule has 0 radical (unpaired) electrons. The Morgan fingerprint density at radius 3 is 3.06 bits per heavy atom. The average Bonchev–Trinajstić information content (AvgIpc) is 2.82. The molecule has 18 heavy (non-hydrogen) atoms. The van der Waals surface area contributed by atoms with E-state index in [0.29, 0.717) is 11.6 Å². The fourth-order valence-electron chi connectivity index (χ4n) is 1.68. The quantitative estimate of drug-likeness (QED) is 0.799. The Bertz CT molecular complexity index is 492. The van der Waals surface area contributed by atoms with Gasteiger partial charge in [0.2, 0.25) is 0 Å². The van der Waals surface area contributed by atoms with Crippen LogP contribution in [0.15, 0.2) is 27.7 Å². The molecule has 2 atom stereocenters. The van der Waals surface area contributed by atoms with Crippen molar-refractivity contribution >= 4 is 39.9 Å². The van der Waals surface area contributed by atoms with Gasteiger partial charge in [0.1, 0.15) is 0 Å². The molecule has 0 bridgehead atoms. The van der Waals surface area contributed by atoms with Crippen LogP contribution in [-0.4, -0.2) is 25.0 Å². The van der Waals surface area contributed by atoms with Crippen molar-refractivity contribution < 1.29 is 14.3 Å². The van der Waals surface area contributed by atoms with Crippen molar-refractivity contribution in [3.63, 3.8) is 0 Å². The maximum atomic E-state index is 11.7. The Balaban J connectivity index is 2.22. The molecule has 1 aliphatic heterocycles. The summed E-state index contributed by atoms with van der Waals surface area (Å²) in [6.45, 7) is 2.08. The Morgan fingerprint density at radius 2 is 2.39 bits per heavy atom. The molecule has 1 aromatic rings. The average molecular weight is 333 g/mol. The van der Waals surface area contributed by atoms with Crippen LogP contribution in [0.3, 0.4) is 0 Å². The van der Waals surface area contributed by atoms with E-state index in [1.807, 2.05) is 6.07 Å². The van der Waals surface area contributed by atoms with Gasteiger partial charge in [0, 0.05) is 4.47 Å².